The zero-order valence-corrected chi connectivity index (χ0v) is 26.5. The minimum absolute atomic E-state index is 0.373. The van der Waals surface area contributed by atoms with Crippen LogP contribution in [0.2, 0.25) is 0 Å². The molecular weight excluding hydrogens is 510 g/mol. The lowest BCUT2D eigenvalue weighted by Crippen LogP contribution is -2.22. The van der Waals surface area contributed by atoms with E-state index in [4.69, 9.17) is 0 Å². The summed E-state index contributed by atoms with van der Waals surface area (Å²) in [6.07, 6.45) is 20.1. The van der Waals surface area contributed by atoms with Gasteiger partial charge in [0.25, 0.3) is 0 Å². The van der Waals surface area contributed by atoms with Gasteiger partial charge in [-0.2, -0.15) is 0 Å². The van der Waals surface area contributed by atoms with Crippen molar-refractivity contribution in [1.82, 2.24) is 4.90 Å². The van der Waals surface area contributed by atoms with Crippen molar-refractivity contribution in [2.75, 3.05) is 13.6 Å². The molecular formula is C40H55NO. The molecule has 0 saturated carbocycles. The van der Waals surface area contributed by atoms with Gasteiger partial charge in [-0.25, -0.2) is 0 Å². The first-order chi connectivity index (χ1) is 20.6. The van der Waals surface area contributed by atoms with Gasteiger partial charge in [0.15, 0.2) is 0 Å². The van der Waals surface area contributed by atoms with Gasteiger partial charge in [-0.05, 0) is 61.1 Å². The Morgan fingerprint density at radius 2 is 1.17 bits per heavy atom. The van der Waals surface area contributed by atoms with E-state index in [0.717, 1.165) is 24.9 Å². The molecule has 226 valence electrons. The second kappa shape index (κ2) is 20.0. The number of carbonyl (C=O) groups excluding carboxylic acids is 1. The molecule has 1 atom stereocenters. The van der Waals surface area contributed by atoms with Gasteiger partial charge in [0.1, 0.15) is 5.78 Å². The smallest absolute Gasteiger partial charge is 0.137 e. The van der Waals surface area contributed by atoms with Gasteiger partial charge in [0.05, 0.1) is 0 Å². The molecule has 0 aromatic heterocycles. The summed E-state index contributed by atoms with van der Waals surface area (Å²) in [5.41, 5.74) is 6.41. The first-order valence-corrected chi connectivity index (χ1v) is 16.6. The third kappa shape index (κ3) is 12.9. The van der Waals surface area contributed by atoms with Gasteiger partial charge in [-0.1, -0.05) is 149 Å². The van der Waals surface area contributed by atoms with E-state index in [1.165, 1.54) is 99.3 Å². The Labute approximate surface area is 257 Å². The summed E-state index contributed by atoms with van der Waals surface area (Å²) < 4.78 is 0. The lowest BCUT2D eigenvalue weighted by Gasteiger charge is -2.23. The second-order valence-electron chi connectivity index (χ2n) is 12.2. The largest absolute Gasteiger partial charge is 0.299 e. The predicted octanol–water partition coefficient (Wildman–Crippen LogP) is 11.0. The van der Waals surface area contributed by atoms with E-state index < -0.39 is 0 Å². The maximum Gasteiger partial charge on any atom is 0.137 e. The van der Waals surface area contributed by atoms with E-state index in [-0.39, 0.29) is 0 Å². The zero-order valence-electron chi connectivity index (χ0n) is 26.5. The van der Waals surface area contributed by atoms with E-state index in [1.54, 1.807) is 0 Å². The van der Waals surface area contributed by atoms with Crippen molar-refractivity contribution in [3.63, 3.8) is 0 Å². The molecule has 0 heterocycles. The van der Waals surface area contributed by atoms with E-state index in [2.05, 4.69) is 98.2 Å². The first-order valence-electron chi connectivity index (χ1n) is 16.6. The van der Waals surface area contributed by atoms with Crippen molar-refractivity contribution in [1.29, 1.82) is 0 Å². The van der Waals surface area contributed by atoms with E-state index in [0.29, 0.717) is 18.2 Å². The Morgan fingerprint density at radius 3 is 1.74 bits per heavy atom. The van der Waals surface area contributed by atoms with Crippen molar-refractivity contribution in [3.05, 3.63) is 108 Å². The molecule has 0 aliphatic heterocycles. The number of nitrogens with zero attached hydrogens (tertiary/aromatic N) is 1. The molecule has 0 fully saturated rings. The minimum Gasteiger partial charge on any atom is -0.299 e. The van der Waals surface area contributed by atoms with Crippen molar-refractivity contribution >= 4 is 5.78 Å². The third-order valence-electron chi connectivity index (χ3n) is 8.67. The SMILES string of the molecule is C=CCN(C)C(C)c1ccc(CCCCCCCCCCCCCCC(=O)Cc2ccc(-c3ccccc3)cc2)cc1. The highest BCUT2D eigenvalue weighted by atomic mass is 16.1. The quantitative estimate of drug-likeness (QED) is 0.0892. The van der Waals surface area contributed by atoms with Crippen LogP contribution in [0, 0.1) is 0 Å². The highest BCUT2D eigenvalue weighted by Crippen LogP contribution is 2.21. The third-order valence-corrected chi connectivity index (χ3v) is 8.67. The molecule has 0 amide bonds. The fourth-order valence-corrected chi connectivity index (χ4v) is 5.76. The Kier molecular flexibility index (Phi) is 16.0. The lowest BCUT2D eigenvalue weighted by atomic mass is 9.99. The standard InChI is InChI=1S/C40H55NO/c1-4-32-41(3)34(2)37-28-24-35(25-29-37)20-16-13-11-9-7-5-6-8-10-12-14-19-23-40(42)33-36-26-30-39(31-27-36)38-21-17-15-18-22-38/h4,15,17-18,21-22,24-31,34H,1,5-14,16,19-20,23,32-33H2,2-3H3. The molecule has 3 aromatic rings. The van der Waals surface area contributed by atoms with Crippen LogP contribution in [-0.2, 0) is 17.6 Å². The maximum absolute atomic E-state index is 12.4. The van der Waals surface area contributed by atoms with Crippen molar-refractivity contribution in [2.24, 2.45) is 0 Å². The molecule has 3 rings (SSSR count). The van der Waals surface area contributed by atoms with Crippen LogP contribution in [0.1, 0.15) is 113 Å². The Balaban J connectivity index is 1.10. The number of likely N-dealkylation sites (N-methyl/N-ethyl adjacent to an activating group) is 1. The molecule has 0 radical (unpaired) electrons. The monoisotopic (exact) mass is 565 g/mol. The number of unbranched alkanes of at least 4 members (excludes halogenated alkanes) is 11. The molecule has 0 N–H and O–H groups in total. The number of hydrogen-bond acceptors (Lipinski definition) is 2. The van der Waals surface area contributed by atoms with Crippen molar-refractivity contribution < 1.29 is 4.79 Å². The fraction of sp³-hybridized carbons (Fsp3) is 0.475. The predicted molar refractivity (Wildman–Crippen MR) is 182 cm³/mol. The molecule has 0 aliphatic rings. The highest BCUT2D eigenvalue weighted by Gasteiger charge is 2.10. The molecule has 1 unspecified atom stereocenters. The zero-order chi connectivity index (χ0) is 29.8. The number of aryl methyl sites for hydroxylation is 1. The van der Waals surface area contributed by atoms with Crippen LogP contribution in [0.25, 0.3) is 11.1 Å². The summed E-state index contributed by atoms with van der Waals surface area (Å²) in [4.78, 5) is 14.7. The van der Waals surface area contributed by atoms with E-state index in [9.17, 15) is 4.79 Å². The highest BCUT2D eigenvalue weighted by molar-refractivity contribution is 5.81. The number of rotatable bonds is 22. The summed E-state index contributed by atoms with van der Waals surface area (Å²) >= 11 is 0. The summed E-state index contributed by atoms with van der Waals surface area (Å²) in [5, 5.41) is 0. The molecule has 0 saturated heterocycles. The van der Waals surface area contributed by atoms with Gasteiger partial charge in [-0.15, -0.1) is 6.58 Å². The summed E-state index contributed by atoms with van der Waals surface area (Å²) in [5.74, 6) is 0.373. The average Bonchev–Trinajstić information content (AvgIpc) is 3.02. The second-order valence-corrected chi connectivity index (χ2v) is 12.2. The molecule has 0 aliphatic carbocycles. The molecule has 2 nitrogen and oxygen atoms in total. The number of carbonyl (C=O) groups is 1. The van der Waals surface area contributed by atoms with Crippen LogP contribution in [0.5, 0.6) is 0 Å². The van der Waals surface area contributed by atoms with Gasteiger partial charge in [-0.3, -0.25) is 9.69 Å². The average molecular weight is 566 g/mol. The Hall–Kier alpha value is -2.97. The van der Waals surface area contributed by atoms with E-state index >= 15 is 0 Å². The summed E-state index contributed by atoms with van der Waals surface area (Å²) in [6, 6.07) is 28.5. The number of Topliss-reactive ketones (excluding diaryl/α,β-unsaturated/α-hetero) is 1. The molecule has 0 bridgehead atoms. The van der Waals surface area contributed by atoms with Crippen LogP contribution in [0.15, 0.2) is 91.5 Å². The van der Waals surface area contributed by atoms with E-state index in [1.807, 2.05) is 12.1 Å². The van der Waals surface area contributed by atoms with Crippen LogP contribution in [0.3, 0.4) is 0 Å². The maximum atomic E-state index is 12.4. The van der Waals surface area contributed by atoms with Crippen molar-refractivity contribution in [3.8, 4) is 11.1 Å². The Morgan fingerprint density at radius 1 is 0.667 bits per heavy atom. The summed E-state index contributed by atoms with van der Waals surface area (Å²) in [7, 11) is 2.15. The van der Waals surface area contributed by atoms with Gasteiger partial charge in [0.2, 0.25) is 0 Å². The van der Waals surface area contributed by atoms with Crippen LogP contribution < -0.4 is 0 Å². The molecule has 0 spiro atoms. The number of ketones is 1. The Bertz CT molecular complexity index is 1130. The molecule has 3 aromatic carbocycles. The summed E-state index contributed by atoms with van der Waals surface area (Å²) in [6.45, 7) is 7.02. The molecule has 42 heavy (non-hydrogen) atoms. The minimum atomic E-state index is 0.373. The first kappa shape index (κ1) is 33.5. The lowest BCUT2D eigenvalue weighted by molar-refractivity contribution is -0.118. The fourth-order valence-electron chi connectivity index (χ4n) is 5.76. The van der Waals surface area contributed by atoms with Gasteiger partial charge >= 0.3 is 0 Å². The number of benzene rings is 3. The van der Waals surface area contributed by atoms with Crippen molar-refractivity contribution in [2.45, 2.75) is 109 Å². The topological polar surface area (TPSA) is 20.3 Å². The van der Waals surface area contributed by atoms with Gasteiger partial charge in [0, 0.05) is 25.4 Å². The van der Waals surface area contributed by atoms with Crippen LogP contribution in [-0.4, -0.2) is 24.3 Å². The molecule has 2 heteroatoms. The van der Waals surface area contributed by atoms with Gasteiger partial charge < -0.3 is 0 Å². The van der Waals surface area contributed by atoms with Crippen LogP contribution in [0.4, 0.5) is 0 Å². The number of hydrogen-bond donors (Lipinski definition) is 0. The van der Waals surface area contributed by atoms with Crippen LogP contribution >= 0.6 is 0 Å². The normalized spacial score (nSPS) is 12.0.